The van der Waals surface area contributed by atoms with Gasteiger partial charge >= 0.3 is 5.97 Å². The third kappa shape index (κ3) is 16.3. The maximum absolute atomic E-state index is 10.9. The number of unbranched alkanes of at least 4 members (excludes halogenated alkanes) is 8. The summed E-state index contributed by atoms with van der Waals surface area (Å²) in [4.78, 5) is 10.9. The van der Waals surface area contributed by atoms with Gasteiger partial charge in [-0.25, -0.2) is 0 Å². The van der Waals surface area contributed by atoms with E-state index in [1.54, 1.807) is 0 Å². The van der Waals surface area contributed by atoms with Crippen LogP contribution in [0.1, 0.15) is 64.2 Å². The summed E-state index contributed by atoms with van der Waals surface area (Å²) in [5.41, 5.74) is 0. The molecule has 0 saturated heterocycles. The average Bonchev–Trinajstić information content (AvgIpc) is 2.43. The predicted octanol–water partition coefficient (Wildman–Crippen LogP) is 4.46. The van der Waals surface area contributed by atoms with Gasteiger partial charge in [0.25, 0.3) is 9.76 Å². The van der Waals surface area contributed by atoms with Gasteiger partial charge in [0.15, 0.2) is 0 Å². The number of hydrogen-bond donors (Lipinski definition) is 0. The molecule has 0 amide bonds. The Morgan fingerprint density at radius 3 is 1.95 bits per heavy atom. The number of carbonyl (C=O) groups excluding carboxylic acids is 1. The lowest BCUT2D eigenvalue weighted by atomic mass is 10.1. The normalized spacial score (nSPS) is 11.0. The van der Waals surface area contributed by atoms with Gasteiger partial charge < -0.3 is 9.16 Å². The molecule has 6 heteroatoms. The van der Waals surface area contributed by atoms with Crippen LogP contribution in [0.4, 0.5) is 0 Å². The number of esters is 1. The molecular weight excluding hydrogens is 315 g/mol. The Labute approximate surface area is 135 Å². The van der Waals surface area contributed by atoms with Gasteiger partial charge in [-0.05, 0) is 12.8 Å². The van der Waals surface area contributed by atoms with Crippen molar-refractivity contribution in [1.82, 2.24) is 0 Å². The molecule has 0 aliphatic carbocycles. The summed E-state index contributed by atoms with van der Waals surface area (Å²) in [6.07, 6.45) is 11.2. The number of halogens is 2. The van der Waals surface area contributed by atoms with E-state index in [-0.39, 0.29) is 20.2 Å². The van der Waals surface area contributed by atoms with Crippen LogP contribution in [-0.2, 0) is 14.0 Å². The number of methoxy groups -OCH3 is 1. The molecule has 0 saturated carbocycles. The molecule has 0 unspecified atom stereocenters. The van der Waals surface area contributed by atoms with Gasteiger partial charge in [0, 0.05) is 13.0 Å². The fourth-order valence-electron chi connectivity index (χ4n) is 1.90. The highest BCUT2D eigenvalue weighted by Gasteiger charge is 2.01. The second kappa shape index (κ2) is 15.6. The number of rotatable bonds is 14. The fraction of sp³-hybridized carbons (Fsp3) is 0.929. The Hall–Kier alpha value is 0.227. The highest BCUT2D eigenvalue weighted by molar-refractivity contribution is 6.65. The molecule has 2 radical (unpaired) electrons. The Morgan fingerprint density at radius 2 is 1.45 bits per heavy atom. The second-order valence-corrected chi connectivity index (χ2v) is 7.71. The van der Waals surface area contributed by atoms with Crippen LogP contribution in [0, 0.1) is 0 Å². The molecule has 0 aromatic carbocycles. The van der Waals surface area contributed by atoms with Crippen LogP contribution in [0.15, 0.2) is 0 Å². The molecule has 0 heterocycles. The SMILES string of the molecule is COC(=O)CCCCCCCCCCCO[Si]C(Cl)Cl. The van der Waals surface area contributed by atoms with E-state index in [0.29, 0.717) is 6.42 Å². The predicted molar refractivity (Wildman–Crippen MR) is 85.4 cm³/mol. The number of carbonyl (C=O) groups is 1. The molecule has 0 spiro atoms. The molecular formula is C14H26Cl2O3Si. The summed E-state index contributed by atoms with van der Waals surface area (Å²) < 4.78 is 9.54. The number of alkyl halides is 2. The summed E-state index contributed by atoms with van der Waals surface area (Å²) >= 11 is 11.1. The summed E-state index contributed by atoms with van der Waals surface area (Å²) in [6, 6.07) is 0. The van der Waals surface area contributed by atoms with Crippen LogP contribution in [0.2, 0.25) is 0 Å². The van der Waals surface area contributed by atoms with E-state index in [1.807, 2.05) is 0 Å². The molecule has 118 valence electrons. The first-order chi connectivity index (χ1) is 9.66. The van der Waals surface area contributed by atoms with Crippen molar-refractivity contribution in [1.29, 1.82) is 0 Å². The van der Waals surface area contributed by atoms with E-state index in [1.165, 1.54) is 45.6 Å². The van der Waals surface area contributed by atoms with Crippen molar-refractivity contribution in [3.8, 4) is 0 Å². The van der Waals surface area contributed by atoms with Gasteiger partial charge in [0.05, 0.1) is 7.11 Å². The molecule has 0 aromatic heterocycles. The summed E-state index contributed by atoms with van der Waals surface area (Å²) in [7, 11) is 1.64. The Morgan fingerprint density at radius 1 is 0.950 bits per heavy atom. The van der Waals surface area contributed by atoms with Gasteiger partial charge in [0.1, 0.15) is 4.46 Å². The zero-order valence-corrected chi connectivity index (χ0v) is 14.8. The van der Waals surface area contributed by atoms with Crippen LogP contribution < -0.4 is 0 Å². The minimum atomic E-state index is -0.380. The average molecular weight is 341 g/mol. The molecule has 0 aliphatic heterocycles. The molecule has 3 nitrogen and oxygen atoms in total. The molecule has 20 heavy (non-hydrogen) atoms. The van der Waals surface area contributed by atoms with Gasteiger partial charge in [-0.1, -0.05) is 44.9 Å². The van der Waals surface area contributed by atoms with Crippen LogP contribution in [0.5, 0.6) is 0 Å². The largest absolute Gasteiger partial charge is 0.469 e. The maximum Gasteiger partial charge on any atom is 0.305 e. The second-order valence-electron chi connectivity index (χ2n) is 4.78. The van der Waals surface area contributed by atoms with Crippen molar-refractivity contribution in [2.75, 3.05) is 13.7 Å². The first-order valence-corrected chi connectivity index (χ1v) is 9.25. The minimum Gasteiger partial charge on any atom is -0.469 e. The van der Waals surface area contributed by atoms with Crippen LogP contribution >= 0.6 is 23.2 Å². The Bertz CT molecular complexity index is 228. The molecule has 0 fully saturated rings. The molecule has 0 N–H and O–H groups in total. The first kappa shape index (κ1) is 20.2. The van der Waals surface area contributed by atoms with E-state index in [9.17, 15) is 4.79 Å². The van der Waals surface area contributed by atoms with Crippen LogP contribution in [0.25, 0.3) is 0 Å². The van der Waals surface area contributed by atoms with Gasteiger partial charge in [0.2, 0.25) is 0 Å². The van der Waals surface area contributed by atoms with Gasteiger partial charge in [-0.3, -0.25) is 4.79 Å². The highest BCUT2D eigenvalue weighted by Crippen LogP contribution is 2.11. The Kier molecular flexibility index (Phi) is 15.8. The van der Waals surface area contributed by atoms with E-state index >= 15 is 0 Å². The lowest BCUT2D eigenvalue weighted by Crippen LogP contribution is -2.08. The topological polar surface area (TPSA) is 35.5 Å². The minimum absolute atomic E-state index is 0.0949. The highest BCUT2D eigenvalue weighted by atomic mass is 35.5. The lowest BCUT2D eigenvalue weighted by molar-refractivity contribution is -0.140. The summed E-state index contributed by atoms with van der Waals surface area (Å²) in [6.45, 7) is 0.766. The lowest BCUT2D eigenvalue weighted by Gasteiger charge is -2.04. The maximum atomic E-state index is 10.9. The van der Waals surface area contributed by atoms with Crippen molar-refractivity contribution in [2.24, 2.45) is 0 Å². The van der Waals surface area contributed by atoms with Crippen LogP contribution in [-0.4, -0.2) is 33.9 Å². The zero-order chi connectivity index (χ0) is 15.1. The van der Waals surface area contributed by atoms with E-state index in [0.717, 1.165) is 25.9 Å². The molecule has 0 bridgehead atoms. The molecule has 0 aromatic rings. The summed E-state index contributed by atoms with van der Waals surface area (Å²) in [5, 5.41) is 0. The zero-order valence-electron chi connectivity index (χ0n) is 12.3. The quantitative estimate of drug-likeness (QED) is 0.203. The van der Waals surface area contributed by atoms with E-state index < -0.39 is 0 Å². The third-order valence-corrected chi connectivity index (χ3v) is 4.11. The fourth-order valence-corrected chi connectivity index (χ4v) is 2.67. The number of hydrogen-bond acceptors (Lipinski definition) is 3. The smallest absolute Gasteiger partial charge is 0.305 e. The van der Waals surface area contributed by atoms with Crippen molar-refractivity contribution in [3.63, 3.8) is 0 Å². The third-order valence-electron chi connectivity index (χ3n) is 3.03. The molecule has 0 atom stereocenters. The van der Waals surface area contributed by atoms with Crippen LogP contribution in [0.3, 0.4) is 0 Å². The monoisotopic (exact) mass is 340 g/mol. The van der Waals surface area contributed by atoms with Crippen molar-refractivity contribution in [2.45, 2.75) is 68.7 Å². The first-order valence-electron chi connectivity index (χ1n) is 7.39. The molecule has 0 rings (SSSR count). The standard InChI is InChI=1S/C14H26Cl2O3Si/c1-18-13(17)11-9-7-5-3-2-4-6-8-10-12-19-20-14(15)16/h14H,2-12H2,1H3. The number of ether oxygens (including phenoxy) is 1. The van der Waals surface area contributed by atoms with Gasteiger partial charge in [-0.2, -0.15) is 0 Å². The van der Waals surface area contributed by atoms with Gasteiger partial charge in [-0.15, -0.1) is 23.2 Å². The van der Waals surface area contributed by atoms with Crippen molar-refractivity contribution < 1.29 is 14.0 Å². The summed E-state index contributed by atoms with van der Waals surface area (Å²) in [5.74, 6) is -0.0949. The van der Waals surface area contributed by atoms with Crippen molar-refractivity contribution >= 4 is 38.9 Å². The van der Waals surface area contributed by atoms with E-state index in [2.05, 4.69) is 4.74 Å². The molecule has 0 aliphatic rings. The Balaban J connectivity index is 3.01. The van der Waals surface area contributed by atoms with Crippen molar-refractivity contribution in [3.05, 3.63) is 0 Å². The van der Waals surface area contributed by atoms with E-state index in [4.69, 9.17) is 27.6 Å².